The number of nitrogens with zero attached hydrogens (tertiary/aromatic N) is 1. The van der Waals surface area contributed by atoms with Gasteiger partial charge in [-0.15, -0.1) is 0 Å². The van der Waals surface area contributed by atoms with Crippen LogP contribution in [0.15, 0.2) is 45.8 Å². The number of aliphatic carboxylic acids is 1. The SMILES string of the molecule is CC(C)(C)OC(=O)N[C@H]1CCCCC/C=C\[C@@H]2C[C@@]2(C(=O)O)NC(=O)[C@@H]2C[C@H](OS(=O)(=O)c3ccc(Br)cc3)CN2C1=O. The summed E-state index contributed by atoms with van der Waals surface area (Å²) in [6.07, 6.45) is 4.91. The van der Waals surface area contributed by atoms with Gasteiger partial charge in [0.2, 0.25) is 11.8 Å². The van der Waals surface area contributed by atoms with Gasteiger partial charge in [-0.2, -0.15) is 8.42 Å². The van der Waals surface area contributed by atoms with Gasteiger partial charge in [-0.3, -0.25) is 13.8 Å². The summed E-state index contributed by atoms with van der Waals surface area (Å²) in [6.45, 7) is 4.81. The molecule has 3 aliphatic rings. The highest BCUT2D eigenvalue weighted by atomic mass is 79.9. The summed E-state index contributed by atoms with van der Waals surface area (Å²) in [5.74, 6) is -2.94. The van der Waals surface area contributed by atoms with Gasteiger partial charge in [0.15, 0.2) is 0 Å². The molecule has 1 aromatic rings. The number of hydrogen-bond donors (Lipinski definition) is 3. The van der Waals surface area contributed by atoms with Gasteiger partial charge in [-0.05, 0) is 70.7 Å². The predicted octanol–water partition coefficient (Wildman–Crippen LogP) is 3.50. The van der Waals surface area contributed by atoms with Crippen LogP contribution in [0.4, 0.5) is 4.79 Å². The second kappa shape index (κ2) is 12.9. The van der Waals surface area contributed by atoms with E-state index in [1.807, 2.05) is 6.08 Å². The minimum atomic E-state index is -4.26. The van der Waals surface area contributed by atoms with Crippen molar-refractivity contribution in [3.63, 3.8) is 0 Å². The molecule has 4 rings (SSSR count). The Morgan fingerprint density at radius 2 is 1.84 bits per heavy atom. The lowest BCUT2D eigenvalue weighted by Crippen LogP contribution is -2.56. The van der Waals surface area contributed by atoms with Crippen molar-refractivity contribution >= 4 is 49.9 Å². The van der Waals surface area contributed by atoms with Crippen LogP contribution in [0.3, 0.4) is 0 Å². The molecule has 1 aromatic carbocycles. The quantitative estimate of drug-likeness (QED) is 0.311. The molecule has 1 saturated carbocycles. The Labute approximate surface area is 259 Å². The number of hydrogen-bond acceptors (Lipinski definition) is 8. The Hall–Kier alpha value is -2.97. The van der Waals surface area contributed by atoms with Gasteiger partial charge in [0.25, 0.3) is 10.1 Å². The zero-order valence-corrected chi connectivity index (χ0v) is 26.8. The largest absolute Gasteiger partial charge is 0.479 e. The Balaban J connectivity index is 1.63. The molecule has 236 valence electrons. The normalized spacial score (nSPS) is 29.3. The third kappa shape index (κ3) is 8.15. The topological polar surface area (TPSA) is 168 Å². The third-order valence-electron chi connectivity index (χ3n) is 7.68. The Bertz CT molecular complexity index is 1380. The van der Waals surface area contributed by atoms with E-state index in [1.165, 1.54) is 17.0 Å². The van der Waals surface area contributed by atoms with E-state index in [0.717, 1.165) is 12.8 Å². The van der Waals surface area contributed by atoms with Crippen LogP contribution in [-0.4, -0.2) is 78.2 Å². The van der Waals surface area contributed by atoms with Crippen molar-refractivity contribution in [2.45, 2.75) is 99.9 Å². The number of carboxylic acids is 1. The van der Waals surface area contributed by atoms with Crippen molar-refractivity contribution in [2.75, 3.05) is 6.54 Å². The molecule has 2 aliphatic heterocycles. The summed E-state index contributed by atoms with van der Waals surface area (Å²) < 4.78 is 37.6. The molecule has 14 heteroatoms. The second-order valence-electron chi connectivity index (χ2n) is 12.2. The van der Waals surface area contributed by atoms with Crippen molar-refractivity contribution in [3.05, 3.63) is 40.9 Å². The molecule has 1 saturated heterocycles. The van der Waals surface area contributed by atoms with Gasteiger partial charge in [0.1, 0.15) is 23.2 Å². The molecule has 5 atom stereocenters. The Morgan fingerprint density at radius 1 is 1.14 bits per heavy atom. The molecule has 0 unspecified atom stereocenters. The van der Waals surface area contributed by atoms with Gasteiger partial charge in [0, 0.05) is 23.4 Å². The highest BCUT2D eigenvalue weighted by Crippen LogP contribution is 2.45. The first-order valence-corrected chi connectivity index (χ1v) is 16.5. The van der Waals surface area contributed by atoms with E-state index in [-0.39, 0.29) is 30.7 Å². The van der Waals surface area contributed by atoms with Crippen LogP contribution in [0.1, 0.15) is 65.7 Å². The molecule has 3 amide bonds. The minimum Gasteiger partial charge on any atom is -0.479 e. The minimum absolute atomic E-state index is 0.0992. The lowest BCUT2D eigenvalue weighted by atomic mass is 10.0. The molecule has 0 bridgehead atoms. The monoisotopic (exact) mass is 683 g/mol. The predicted molar refractivity (Wildman–Crippen MR) is 158 cm³/mol. The van der Waals surface area contributed by atoms with E-state index in [9.17, 15) is 32.7 Å². The number of halogens is 1. The summed E-state index contributed by atoms with van der Waals surface area (Å²) in [6, 6.07) is 3.53. The first kappa shape index (κ1) is 32.9. The zero-order chi connectivity index (χ0) is 31.6. The van der Waals surface area contributed by atoms with Crippen LogP contribution in [0.5, 0.6) is 0 Å². The van der Waals surface area contributed by atoms with Crippen molar-refractivity contribution in [1.82, 2.24) is 15.5 Å². The number of benzene rings is 1. The fourth-order valence-electron chi connectivity index (χ4n) is 5.42. The van der Waals surface area contributed by atoms with Crippen molar-refractivity contribution in [3.8, 4) is 0 Å². The lowest BCUT2D eigenvalue weighted by molar-refractivity contribution is -0.145. The zero-order valence-electron chi connectivity index (χ0n) is 24.4. The van der Waals surface area contributed by atoms with Gasteiger partial charge in [0.05, 0.1) is 11.0 Å². The average molecular weight is 685 g/mol. The van der Waals surface area contributed by atoms with E-state index in [4.69, 9.17) is 8.92 Å². The van der Waals surface area contributed by atoms with Crippen molar-refractivity contribution in [2.24, 2.45) is 5.92 Å². The molecule has 2 fully saturated rings. The molecule has 12 nitrogen and oxygen atoms in total. The van der Waals surface area contributed by atoms with Crippen molar-refractivity contribution in [1.29, 1.82) is 0 Å². The van der Waals surface area contributed by atoms with Crippen LogP contribution < -0.4 is 10.6 Å². The summed E-state index contributed by atoms with van der Waals surface area (Å²) in [5, 5.41) is 15.2. The number of amides is 3. The summed E-state index contributed by atoms with van der Waals surface area (Å²) in [4.78, 5) is 53.6. The van der Waals surface area contributed by atoms with Gasteiger partial charge < -0.3 is 25.4 Å². The number of carbonyl (C=O) groups is 4. The number of allylic oxidation sites excluding steroid dienone is 1. The molecular formula is C29H38BrN3O9S. The van der Waals surface area contributed by atoms with E-state index in [2.05, 4.69) is 26.6 Å². The number of nitrogens with one attached hydrogen (secondary N) is 2. The highest BCUT2D eigenvalue weighted by molar-refractivity contribution is 9.10. The van der Waals surface area contributed by atoms with E-state index in [0.29, 0.717) is 17.3 Å². The fraction of sp³-hybridized carbons (Fsp3) is 0.586. The van der Waals surface area contributed by atoms with Gasteiger partial charge in [-0.25, -0.2) is 9.59 Å². The standard InChI is InChI=1S/C29H38BrN3O9S/c1-28(2,3)41-27(38)31-22-10-8-6-4-5-7-9-18-16-29(18,26(36)37)32-24(34)23-15-20(17-33(23)25(22)35)42-43(39,40)21-13-11-19(30)12-14-21/h7,9,11-14,18,20,22-23H,4-6,8,10,15-17H2,1-3H3,(H,31,38)(H,32,34)(H,36,37)/b9-7-/t18-,20+,22+,23+,29-/m1/s1. The average Bonchev–Trinajstić information content (AvgIpc) is 3.44. The summed E-state index contributed by atoms with van der Waals surface area (Å²) >= 11 is 3.26. The number of carbonyl (C=O) groups excluding carboxylic acids is 3. The number of fused-ring (bicyclic) bond motifs is 2. The maximum absolute atomic E-state index is 14.0. The third-order valence-corrected chi connectivity index (χ3v) is 9.58. The molecule has 2 heterocycles. The molecule has 3 N–H and O–H groups in total. The highest BCUT2D eigenvalue weighted by Gasteiger charge is 2.61. The Morgan fingerprint density at radius 3 is 2.49 bits per heavy atom. The van der Waals surface area contributed by atoms with Crippen molar-refractivity contribution < 1.29 is 41.6 Å². The molecular weight excluding hydrogens is 646 g/mol. The lowest BCUT2D eigenvalue weighted by Gasteiger charge is -2.30. The maximum Gasteiger partial charge on any atom is 0.408 e. The smallest absolute Gasteiger partial charge is 0.408 e. The molecule has 43 heavy (non-hydrogen) atoms. The van der Waals surface area contributed by atoms with E-state index >= 15 is 0 Å². The van der Waals surface area contributed by atoms with Crippen LogP contribution in [-0.2, 0) is 33.4 Å². The first-order valence-electron chi connectivity index (χ1n) is 14.3. The number of ether oxygens (including phenoxy) is 1. The molecule has 1 aliphatic carbocycles. The van der Waals surface area contributed by atoms with Crippen LogP contribution in [0.2, 0.25) is 0 Å². The first-order chi connectivity index (χ1) is 20.1. The van der Waals surface area contributed by atoms with Crippen LogP contribution in [0.25, 0.3) is 0 Å². The summed E-state index contributed by atoms with van der Waals surface area (Å²) in [5.41, 5.74) is -2.33. The van der Waals surface area contributed by atoms with E-state index < -0.39 is 69.2 Å². The molecule has 0 radical (unpaired) electrons. The number of rotatable bonds is 5. The Kier molecular flexibility index (Phi) is 9.92. The van der Waals surface area contributed by atoms with Crippen LogP contribution >= 0.6 is 15.9 Å². The van der Waals surface area contributed by atoms with Gasteiger partial charge in [-0.1, -0.05) is 40.9 Å². The number of alkyl carbamates (subject to hydrolysis) is 1. The van der Waals surface area contributed by atoms with Gasteiger partial charge >= 0.3 is 12.1 Å². The van der Waals surface area contributed by atoms with E-state index in [1.54, 1.807) is 39.0 Å². The maximum atomic E-state index is 14.0. The van der Waals surface area contributed by atoms with Crippen LogP contribution in [0, 0.1) is 5.92 Å². The summed E-state index contributed by atoms with van der Waals surface area (Å²) in [7, 11) is -4.26. The fourth-order valence-corrected chi connectivity index (χ4v) is 6.76. The number of carboxylic acid groups (broad SMARTS) is 1. The second-order valence-corrected chi connectivity index (χ2v) is 14.7. The molecule has 0 aromatic heterocycles. The molecule has 0 spiro atoms.